The molecule has 1 N–H and O–H groups in total. The lowest BCUT2D eigenvalue weighted by molar-refractivity contribution is 0.399. The van der Waals surface area contributed by atoms with Crippen molar-refractivity contribution in [3.05, 3.63) is 52.8 Å². The number of hydrogen-bond donors (Lipinski definition) is 1. The van der Waals surface area contributed by atoms with E-state index in [2.05, 4.69) is 4.42 Å². The molecule has 0 spiro atoms. The third-order valence-electron chi connectivity index (χ3n) is 1.86. The second kappa shape index (κ2) is 4.40. The summed E-state index contributed by atoms with van der Waals surface area (Å²) in [5, 5.41) is 9.41. The van der Waals surface area contributed by atoms with Crippen LogP contribution in [0.15, 0.2) is 55.6 Å². The monoisotopic (exact) mass is 238 g/mol. The van der Waals surface area contributed by atoms with Crippen molar-refractivity contribution < 1.29 is 13.9 Å². The van der Waals surface area contributed by atoms with Gasteiger partial charge < -0.3 is 9.52 Å². The van der Waals surface area contributed by atoms with Crippen molar-refractivity contribution in [3.63, 3.8) is 0 Å². The topological polar surface area (TPSA) is 50.4 Å². The summed E-state index contributed by atoms with van der Waals surface area (Å²) in [7, 11) is 0. The van der Waals surface area contributed by atoms with Crippen molar-refractivity contribution in [2.75, 3.05) is 0 Å². The van der Waals surface area contributed by atoms with Crippen LogP contribution >= 0.6 is 11.8 Å². The van der Waals surface area contributed by atoms with Crippen LogP contribution in [-0.4, -0.2) is 5.11 Å². The highest BCUT2D eigenvalue weighted by Crippen LogP contribution is 2.31. The van der Waals surface area contributed by atoms with Crippen molar-refractivity contribution in [2.45, 2.75) is 9.79 Å². The van der Waals surface area contributed by atoms with Crippen molar-refractivity contribution >= 4 is 11.8 Å². The van der Waals surface area contributed by atoms with Gasteiger partial charge in [-0.2, -0.15) is 0 Å². The van der Waals surface area contributed by atoms with Crippen LogP contribution in [0.4, 0.5) is 4.39 Å². The zero-order valence-electron chi connectivity index (χ0n) is 8.01. The molecule has 2 aromatic rings. The Bertz CT molecular complexity index is 548. The Morgan fingerprint density at radius 3 is 2.56 bits per heavy atom. The lowest BCUT2D eigenvalue weighted by atomic mass is 10.4. The van der Waals surface area contributed by atoms with E-state index in [0.717, 1.165) is 16.7 Å². The number of aromatic hydroxyl groups is 1. The van der Waals surface area contributed by atoms with Crippen LogP contribution in [-0.2, 0) is 0 Å². The number of halogens is 1. The highest BCUT2D eigenvalue weighted by molar-refractivity contribution is 7.99. The molecule has 1 heterocycles. The molecule has 82 valence electrons. The molecule has 0 aliphatic rings. The van der Waals surface area contributed by atoms with Crippen molar-refractivity contribution in [1.29, 1.82) is 0 Å². The highest BCUT2D eigenvalue weighted by Gasteiger charge is 2.07. The van der Waals surface area contributed by atoms with Gasteiger partial charge in [-0.1, -0.05) is 11.8 Å². The van der Waals surface area contributed by atoms with E-state index in [-0.39, 0.29) is 5.82 Å². The van der Waals surface area contributed by atoms with E-state index in [0.29, 0.717) is 4.90 Å². The third-order valence-corrected chi connectivity index (χ3v) is 2.92. The first-order valence-electron chi connectivity index (χ1n) is 4.41. The van der Waals surface area contributed by atoms with Crippen LogP contribution in [0, 0.1) is 5.82 Å². The first-order chi connectivity index (χ1) is 7.66. The normalized spacial score (nSPS) is 10.3. The molecule has 2 rings (SSSR count). The van der Waals surface area contributed by atoms with Crippen LogP contribution in [0.3, 0.4) is 0 Å². The van der Waals surface area contributed by atoms with Gasteiger partial charge in [-0.05, 0) is 30.3 Å². The Kier molecular flexibility index (Phi) is 2.96. The fourth-order valence-corrected chi connectivity index (χ4v) is 1.93. The van der Waals surface area contributed by atoms with Gasteiger partial charge in [-0.3, -0.25) is 0 Å². The van der Waals surface area contributed by atoms with Gasteiger partial charge in [0, 0.05) is 4.90 Å². The molecule has 16 heavy (non-hydrogen) atoms. The molecule has 0 amide bonds. The molecule has 0 unspecified atom stereocenters. The van der Waals surface area contributed by atoms with E-state index in [9.17, 15) is 14.3 Å². The highest BCUT2D eigenvalue weighted by atomic mass is 32.2. The zero-order chi connectivity index (χ0) is 11.5. The summed E-state index contributed by atoms with van der Waals surface area (Å²) in [6.07, 6.45) is 1.20. The van der Waals surface area contributed by atoms with Crippen molar-refractivity contribution in [3.8, 4) is 5.75 Å². The summed E-state index contributed by atoms with van der Waals surface area (Å²) in [5.41, 5.74) is -0.785. The maximum Gasteiger partial charge on any atom is 0.379 e. The molecule has 5 heteroatoms. The summed E-state index contributed by atoms with van der Waals surface area (Å²) < 4.78 is 17.1. The van der Waals surface area contributed by atoms with Gasteiger partial charge in [-0.25, -0.2) is 9.18 Å². The van der Waals surface area contributed by atoms with Gasteiger partial charge in [0.1, 0.15) is 5.82 Å². The van der Waals surface area contributed by atoms with Crippen LogP contribution < -0.4 is 5.63 Å². The number of hydrogen-bond acceptors (Lipinski definition) is 4. The second-order valence-corrected chi connectivity index (χ2v) is 4.09. The smallest absolute Gasteiger partial charge is 0.379 e. The minimum absolute atomic E-state index is 0.332. The summed E-state index contributed by atoms with van der Waals surface area (Å²) >= 11 is 1.16. The maximum atomic E-state index is 12.6. The molecule has 1 aromatic heterocycles. The number of benzene rings is 1. The van der Waals surface area contributed by atoms with Crippen LogP contribution in [0.25, 0.3) is 0 Å². The molecule has 1 aromatic carbocycles. The Morgan fingerprint density at radius 2 is 1.88 bits per heavy atom. The minimum Gasteiger partial charge on any atom is -0.501 e. The predicted octanol–water partition coefficient (Wildman–Crippen LogP) is 2.64. The van der Waals surface area contributed by atoms with E-state index >= 15 is 0 Å². The fraction of sp³-hybridized carbons (Fsp3) is 0. The first-order valence-corrected chi connectivity index (χ1v) is 5.22. The molecular formula is C11H7FO3S. The van der Waals surface area contributed by atoms with Gasteiger partial charge in [0.15, 0.2) is 0 Å². The lowest BCUT2D eigenvalue weighted by Gasteiger charge is -2.02. The molecular weight excluding hydrogens is 231 g/mol. The Balaban J connectivity index is 2.30. The predicted molar refractivity (Wildman–Crippen MR) is 57.2 cm³/mol. The van der Waals surface area contributed by atoms with Gasteiger partial charge in [-0.15, -0.1) is 0 Å². The molecule has 0 saturated carbocycles. The molecule has 0 aliphatic heterocycles. The van der Waals surface area contributed by atoms with Crippen LogP contribution in [0.5, 0.6) is 5.75 Å². The summed E-state index contributed by atoms with van der Waals surface area (Å²) in [5.74, 6) is -0.766. The van der Waals surface area contributed by atoms with Gasteiger partial charge in [0.2, 0.25) is 5.75 Å². The van der Waals surface area contributed by atoms with Crippen LogP contribution in [0.1, 0.15) is 0 Å². The van der Waals surface area contributed by atoms with E-state index in [1.165, 1.54) is 24.5 Å². The average molecular weight is 238 g/mol. The van der Waals surface area contributed by atoms with E-state index in [4.69, 9.17) is 0 Å². The van der Waals surface area contributed by atoms with Gasteiger partial charge >= 0.3 is 5.63 Å². The van der Waals surface area contributed by atoms with E-state index in [1.807, 2.05) is 0 Å². The Hall–Kier alpha value is -1.75. The summed E-state index contributed by atoms with van der Waals surface area (Å²) in [6, 6.07) is 7.22. The summed E-state index contributed by atoms with van der Waals surface area (Å²) in [6.45, 7) is 0. The van der Waals surface area contributed by atoms with E-state index in [1.54, 1.807) is 12.1 Å². The quantitative estimate of drug-likeness (QED) is 0.873. The Morgan fingerprint density at radius 1 is 1.19 bits per heavy atom. The SMILES string of the molecule is O=c1occc(Sc2ccc(F)cc2)c1O. The van der Waals surface area contributed by atoms with Crippen molar-refractivity contribution in [1.82, 2.24) is 0 Å². The molecule has 0 fully saturated rings. The maximum absolute atomic E-state index is 12.6. The largest absolute Gasteiger partial charge is 0.501 e. The molecule has 0 atom stereocenters. The molecule has 0 saturated heterocycles. The van der Waals surface area contributed by atoms with Crippen molar-refractivity contribution in [2.24, 2.45) is 0 Å². The van der Waals surface area contributed by atoms with Gasteiger partial charge in [0.05, 0.1) is 11.2 Å². The van der Waals surface area contributed by atoms with Crippen LogP contribution in [0.2, 0.25) is 0 Å². The Labute approximate surface area is 94.5 Å². The number of rotatable bonds is 2. The molecule has 3 nitrogen and oxygen atoms in total. The summed E-state index contributed by atoms with van der Waals surface area (Å²) in [4.78, 5) is 12.1. The molecule has 0 aliphatic carbocycles. The standard InChI is InChI=1S/C11H7FO3S/c12-7-1-3-8(4-2-7)16-9-5-6-15-11(14)10(9)13/h1-6,13H. The van der Waals surface area contributed by atoms with Gasteiger partial charge in [0.25, 0.3) is 0 Å². The minimum atomic E-state index is -0.785. The fourth-order valence-electron chi connectivity index (χ4n) is 1.10. The molecule has 0 bridgehead atoms. The second-order valence-electron chi connectivity index (χ2n) is 2.98. The first kappa shape index (κ1) is 10.8. The molecule has 0 radical (unpaired) electrons. The zero-order valence-corrected chi connectivity index (χ0v) is 8.83. The lowest BCUT2D eigenvalue weighted by Crippen LogP contribution is -1.97. The van der Waals surface area contributed by atoms with E-state index < -0.39 is 11.4 Å². The third kappa shape index (κ3) is 2.25. The average Bonchev–Trinajstić information content (AvgIpc) is 2.28.